The number of hydrogen-bond donors (Lipinski definition) is 2. The maximum atomic E-state index is 14.0. The summed E-state index contributed by atoms with van der Waals surface area (Å²) >= 11 is 0. The summed E-state index contributed by atoms with van der Waals surface area (Å²) in [5.41, 5.74) is 4.33. The summed E-state index contributed by atoms with van der Waals surface area (Å²) in [6.45, 7) is 1.85. The number of carboxylic acid groups (broad SMARTS) is 1. The van der Waals surface area contributed by atoms with E-state index in [0.29, 0.717) is 11.3 Å². The molecule has 0 aliphatic carbocycles. The quantitative estimate of drug-likeness (QED) is 0.793. The van der Waals surface area contributed by atoms with Gasteiger partial charge < -0.3 is 14.7 Å². The van der Waals surface area contributed by atoms with Crippen LogP contribution in [0.15, 0.2) is 36.5 Å². The summed E-state index contributed by atoms with van der Waals surface area (Å²) in [6.07, 6.45) is -0.450. The fourth-order valence-corrected chi connectivity index (χ4v) is 2.23. The molecule has 0 radical (unpaired) electrons. The number of anilines is 2. The van der Waals surface area contributed by atoms with Gasteiger partial charge in [-0.3, -0.25) is 10.4 Å². The van der Waals surface area contributed by atoms with E-state index in [9.17, 15) is 19.1 Å². The second-order valence-electron chi connectivity index (χ2n) is 5.56. The minimum absolute atomic E-state index is 0.0526. The van der Waals surface area contributed by atoms with Crippen molar-refractivity contribution in [3.05, 3.63) is 53.6 Å². The topological polar surface area (TPSA) is 95.0 Å². The Bertz CT molecular complexity index is 798. The van der Waals surface area contributed by atoms with Crippen LogP contribution in [-0.2, 0) is 11.3 Å². The predicted octanol–water partition coefficient (Wildman–Crippen LogP) is 3.24. The SMILES string of the molecule is COC(=O)N(C)Cc1cc(F)cc(N(Nc2ccc(C)nc2)C(=O)O)c1. The molecule has 0 saturated carbocycles. The third-order valence-corrected chi connectivity index (χ3v) is 3.45. The van der Waals surface area contributed by atoms with Crippen LogP contribution in [0.3, 0.4) is 0 Å². The predicted molar refractivity (Wildman–Crippen MR) is 93.4 cm³/mol. The fourth-order valence-electron chi connectivity index (χ4n) is 2.23. The summed E-state index contributed by atoms with van der Waals surface area (Å²) in [6, 6.07) is 7.13. The van der Waals surface area contributed by atoms with Gasteiger partial charge in [-0.2, -0.15) is 5.01 Å². The highest BCUT2D eigenvalue weighted by molar-refractivity contribution is 5.88. The third-order valence-electron chi connectivity index (χ3n) is 3.45. The van der Waals surface area contributed by atoms with Crippen LogP contribution < -0.4 is 10.4 Å². The molecule has 0 spiro atoms. The lowest BCUT2D eigenvalue weighted by Gasteiger charge is -2.22. The largest absolute Gasteiger partial charge is 0.463 e. The molecule has 1 aromatic heterocycles. The van der Waals surface area contributed by atoms with E-state index < -0.39 is 18.0 Å². The molecule has 2 amide bonds. The van der Waals surface area contributed by atoms with Crippen LogP contribution in [0.5, 0.6) is 0 Å². The number of amides is 2. The Labute approximate surface area is 149 Å². The molecule has 0 aliphatic rings. The van der Waals surface area contributed by atoms with Crippen molar-refractivity contribution in [2.75, 3.05) is 24.6 Å². The van der Waals surface area contributed by atoms with Gasteiger partial charge >= 0.3 is 12.2 Å². The highest BCUT2D eigenvalue weighted by Gasteiger charge is 2.18. The summed E-state index contributed by atoms with van der Waals surface area (Å²) in [5.74, 6) is -0.633. The van der Waals surface area contributed by atoms with Gasteiger partial charge in [0.2, 0.25) is 0 Å². The first kappa shape index (κ1) is 19.0. The lowest BCUT2D eigenvalue weighted by Crippen LogP contribution is -2.35. The highest BCUT2D eigenvalue weighted by Crippen LogP contribution is 2.21. The molecule has 9 heteroatoms. The minimum atomic E-state index is -1.33. The van der Waals surface area contributed by atoms with E-state index in [1.165, 1.54) is 37.4 Å². The standard InChI is InChI=1S/C17H19FN4O4/c1-11-4-5-14(9-19-11)20-22(16(23)24)15-7-12(6-13(18)8-15)10-21(2)17(25)26-3/h4-9,20H,10H2,1-3H3,(H,23,24). The fraction of sp³-hybridized carbons (Fsp3) is 0.235. The maximum Gasteiger partial charge on any atom is 0.430 e. The van der Waals surface area contributed by atoms with E-state index in [0.717, 1.165) is 16.8 Å². The Morgan fingerprint density at radius 3 is 2.62 bits per heavy atom. The average molecular weight is 362 g/mol. The number of ether oxygens (including phenoxy) is 1. The number of hydrazine groups is 1. The number of nitrogens with one attached hydrogen (secondary N) is 1. The van der Waals surface area contributed by atoms with Gasteiger partial charge in [0.15, 0.2) is 0 Å². The van der Waals surface area contributed by atoms with Gasteiger partial charge in [-0.05, 0) is 42.8 Å². The zero-order valence-electron chi connectivity index (χ0n) is 14.6. The van der Waals surface area contributed by atoms with Crippen LogP contribution in [0.4, 0.5) is 25.4 Å². The number of nitrogens with zero attached hydrogens (tertiary/aromatic N) is 3. The molecule has 2 N–H and O–H groups in total. The Kier molecular flexibility index (Phi) is 5.94. The van der Waals surface area contributed by atoms with Crippen molar-refractivity contribution in [3.8, 4) is 0 Å². The number of halogens is 1. The lowest BCUT2D eigenvalue weighted by atomic mass is 10.2. The molecule has 0 aliphatic heterocycles. The number of hydrogen-bond acceptors (Lipinski definition) is 5. The second-order valence-corrected chi connectivity index (χ2v) is 5.56. The van der Waals surface area contributed by atoms with Gasteiger partial charge in [0.25, 0.3) is 0 Å². The van der Waals surface area contributed by atoms with Gasteiger partial charge in [0.1, 0.15) is 5.82 Å². The monoisotopic (exact) mass is 362 g/mol. The number of carbonyl (C=O) groups is 2. The molecule has 1 aromatic carbocycles. The molecule has 2 aromatic rings. The molecular formula is C17H19FN4O4. The van der Waals surface area contributed by atoms with Crippen molar-refractivity contribution in [2.24, 2.45) is 0 Å². The summed E-state index contributed by atoms with van der Waals surface area (Å²) in [5, 5.41) is 10.2. The maximum absolute atomic E-state index is 14.0. The van der Waals surface area contributed by atoms with Crippen LogP contribution in [0.25, 0.3) is 0 Å². The van der Waals surface area contributed by atoms with Crippen LogP contribution in [0.2, 0.25) is 0 Å². The molecular weight excluding hydrogens is 343 g/mol. The van der Waals surface area contributed by atoms with Crippen LogP contribution in [0, 0.1) is 12.7 Å². The molecule has 0 unspecified atom stereocenters. The molecule has 8 nitrogen and oxygen atoms in total. The van der Waals surface area contributed by atoms with E-state index in [2.05, 4.69) is 15.1 Å². The Balaban J connectivity index is 2.29. The van der Waals surface area contributed by atoms with Crippen molar-refractivity contribution in [1.82, 2.24) is 9.88 Å². The smallest absolute Gasteiger partial charge is 0.430 e. The number of aromatic nitrogens is 1. The van der Waals surface area contributed by atoms with Crippen molar-refractivity contribution in [1.29, 1.82) is 0 Å². The van der Waals surface area contributed by atoms with E-state index in [-0.39, 0.29) is 12.2 Å². The van der Waals surface area contributed by atoms with E-state index >= 15 is 0 Å². The first-order valence-corrected chi connectivity index (χ1v) is 7.61. The van der Waals surface area contributed by atoms with Gasteiger partial charge in [0.05, 0.1) is 24.7 Å². The van der Waals surface area contributed by atoms with Crippen LogP contribution >= 0.6 is 0 Å². The molecule has 138 valence electrons. The van der Waals surface area contributed by atoms with Gasteiger partial charge in [-0.1, -0.05) is 0 Å². The normalized spacial score (nSPS) is 10.2. The number of aryl methyl sites for hydroxylation is 1. The zero-order chi connectivity index (χ0) is 19.3. The zero-order valence-corrected chi connectivity index (χ0v) is 14.6. The van der Waals surface area contributed by atoms with E-state index in [1.807, 2.05) is 0 Å². The lowest BCUT2D eigenvalue weighted by molar-refractivity contribution is 0.131. The number of rotatable bonds is 5. The Hall–Kier alpha value is -3.36. The highest BCUT2D eigenvalue weighted by atomic mass is 19.1. The molecule has 2 rings (SSSR count). The third kappa shape index (κ3) is 4.82. The van der Waals surface area contributed by atoms with Crippen LogP contribution in [-0.4, -0.2) is 41.3 Å². The van der Waals surface area contributed by atoms with Crippen molar-refractivity contribution in [2.45, 2.75) is 13.5 Å². The van der Waals surface area contributed by atoms with Gasteiger partial charge in [-0.25, -0.2) is 14.0 Å². The Morgan fingerprint density at radius 1 is 1.31 bits per heavy atom. The van der Waals surface area contributed by atoms with E-state index in [1.54, 1.807) is 19.1 Å². The number of benzene rings is 1. The molecule has 0 fully saturated rings. The summed E-state index contributed by atoms with van der Waals surface area (Å²) in [7, 11) is 2.73. The number of pyridine rings is 1. The van der Waals surface area contributed by atoms with Crippen molar-refractivity contribution in [3.63, 3.8) is 0 Å². The molecule has 0 bridgehead atoms. The van der Waals surface area contributed by atoms with Crippen molar-refractivity contribution >= 4 is 23.6 Å². The van der Waals surface area contributed by atoms with Gasteiger partial charge in [0, 0.05) is 19.3 Å². The summed E-state index contributed by atoms with van der Waals surface area (Å²) < 4.78 is 18.6. The minimum Gasteiger partial charge on any atom is -0.463 e. The molecule has 1 heterocycles. The van der Waals surface area contributed by atoms with Gasteiger partial charge in [-0.15, -0.1) is 0 Å². The van der Waals surface area contributed by atoms with Crippen LogP contribution in [0.1, 0.15) is 11.3 Å². The number of methoxy groups -OCH3 is 1. The van der Waals surface area contributed by atoms with Crippen molar-refractivity contribution < 1.29 is 23.8 Å². The van der Waals surface area contributed by atoms with E-state index in [4.69, 9.17) is 0 Å². The molecule has 26 heavy (non-hydrogen) atoms. The Morgan fingerprint density at radius 2 is 2.04 bits per heavy atom. The first-order chi connectivity index (χ1) is 12.3. The molecule has 0 atom stereocenters. The summed E-state index contributed by atoms with van der Waals surface area (Å²) in [4.78, 5) is 28.4. The first-order valence-electron chi connectivity index (χ1n) is 7.61. The average Bonchev–Trinajstić information content (AvgIpc) is 2.59. The second kappa shape index (κ2) is 8.15. The number of carbonyl (C=O) groups excluding carboxylic acids is 1. The molecule has 0 saturated heterocycles.